The Morgan fingerprint density at radius 3 is 2.88 bits per heavy atom. The van der Waals surface area contributed by atoms with Gasteiger partial charge in [-0.3, -0.25) is 0 Å². The molecule has 0 N–H and O–H groups in total. The van der Waals surface area contributed by atoms with Gasteiger partial charge in [0.05, 0.1) is 0 Å². The van der Waals surface area contributed by atoms with E-state index >= 15 is 0 Å². The zero-order valence-corrected chi connectivity index (χ0v) is 5.46. The fourth-order valence-electron chi connectivity index (χ4n) is 0.360. The number of hydrogen-bond donors (Lipinski definition) is 0. The minimum atomic E-state index is 0.542. The summed E-state index contributed by atoms with van der Waals surface area (Å²) in [7, 11) is 0. The van der Waals surface area contributed by atoms with Crippen LogP contribution in [0.4, 0.5) is 0 Å². The predicted molar refractivity (Wildman–Crippen MR) is 30.9 cm³/mol. The molecular weight excluding hydrogens is 170 g/mol. The van der Waals surface area contributed by atoms with Crippen LogP contribution in [-0.2, 0) is 0 Å². The highest BCUT2D eigenvalue weighted by atomic mass is 79.9. The Morgan fingerprint density at radius 2 is 2.62 bits per heavy atom. The van der Waals surface area contributed by atoms with Gasteiger partial charge in [-0.1, -0.05) is 0 Å². The molecule has 0 aliphatic rings. The van der Waals surface area contributed by atoms with E-state index in [1.165, 1.54) is 4.57 Å². The highest BCUT2D eigenvalue weighted by Gasteiger charge is 1.91. The van der Waals surface area contributed by atoms with E-state index in [-0.39, 0.29) is 0 Å². The van der Waals surface area contributed by atoms with Crippen molar-refractivity contribution in [2.24, 2.45) is 0 Å². The second-order valence-electron chi connectivity index (χ2n) is 1.17. The van der Waals surface area contributed by atoms with Crippen LogP contribution in [0.2, 0.25) is 0 Å². The van der Waals surface area contributed by atoms with Crippen LogP contribution in [0.1, 0.15) is 0 Å². The lowest BCUT2D eigenvalue weighted by Crippen LogP contribution is -1.82. The molecule has 0 saturated carbocycles. The van der Waals surface area contributed by atoms with Crippen LogP contribution >= 0.6 is 15.9 Å². The lowest BCUT2D eigenvalue weighted by Gasteiger charge is -1.80. The molecule has 0 fully saturated rings. The monoisotopic (exact) mass is 171 g/mol. The van der Waals surface area contributed by atoms with Gasteiger partial charge in [-0.15, -0.1) is 0 Å². The Kier molecular flexibility index (Phi) is 1.31. The summed E-state index contributed by atoms with van der Waals surface area (Å²) >= 11 is 3.06. The van der Waals surface area contributed by atoms with Crippen LogP contribution in [0.15, 0.2) is 17.1 Å². The van der Waals surface area contributed by atoms with Crippen molar-refractivity contribution in [3.63, 3.8) is 0 Å². The number of hydrogen-bond acceptors (Lipinski definition) is 2. The van der Waals surface area contributed by atoms with Gasteiger partial charge in [0.1, 0.15) is 0 Å². The second-order valence-corrected chi connectivity index (χ2v) is 1.88. The Bertz CT molecular complexity index is 221. The van der Waals surface area contributed by atoms with E-state index in [2.05, 4.69) is 20.9 Å². The summed E-state index contributed by atoms with van der Waals surface area (Å²) < 4.78 is 1.86. The summed E-state index contributed by atoms with van der Waals surface area (Å²) in [6, 6.07) is 0. The minimum absolute atomic E-state index is 0.542. The van der Waals surface area contributed by atoms with Gasteiger partial charge in [0.2, 0.25) is 0 Å². The molecular formula is C4H2BrN3. The Labute approximate surface area is 54.7 Å². The number of nitrogens with zero attached hydrogens (tertiary/aromatic N) is 3. The molecule has 1 rings (SSSR count). The fourth-order valence-corrected chi connectivity index (χ4v) is 0.676. The summed E-state index contributed by atoms with van der Waals surface area (Å²) in [4.78, 5) is 3.74. The molecule has 1 heterocycles. The molecule has 1 aromatic heterocycles. The van der Waals surface area contributed by atoms with Crippen molar-refractivity contribution in [3.8, 4) is 6.19 Å². The second kappa shape index (κ2) is 1.97. The summed E-state index contributed by atoms with van der Waals surface area (Å²) in [5, 5.41) is 8.25. The van der Waals surface area contributed by atoms with Crippen molar-refractivity contribution < 1.29 is 0 Å². The zero-order valence-electron chi connectivity index (χ0n) is 3.87. The predicted octanol–water partition coefficient (Wildman–Crippen LogP) is 0.975. The molecule has 0 aliphatic heterocycles. The zero-order chi connectivity index (χ0) is 5.98. The minimum Gasteiger partial charge on any atom is -0.230 e. The Morgan fingerprint density at radius 1 is 1.88 bits per heavy atom. The molecule has 0 saturated heterocycles. The number of halogens is 1. The molecule has 4 heteroatoms. The first-order valence-electron chi connectivity index (χ1n) is 1.93. The van der Waals surface area contributed by atoms with Gasteiger partial charge in [-0.2, -0.15) is 5.26 Å². The van der Waals surface area contributed by atoms with Crippen LogP contribution in [0, 0.1) is 11.5 Å². The molecule has 0 atom stereocenters. The van der Waals surface area contributed by atoms with Crippen molar-refractivity contribution in [3.05, 3.63) is 17.1 Å². The lowest BCUT2D eigenvalue weighted by molar-refractivity contribution is 1.03. The fraction of sp³-hybridized carbons (Fsp3) is 0. The van der Waals surface area contributed by atoms with E-state index in [4.69, 9.17) is 5.26 Å². The molecule has 3 nitrogen and oxygen atoms in total. The Hall–Kier alpha value is -0.820. The molecule has 0 aliphatic carbocycles. The van der Waals surface area contributed by atoms with Gasteiger partial charge in [0.15, 0.2) is 10.9 Å². The number of aromatic nitrogens is 2. The number of rotatable bonds is 0. The molecule has 0 unspecified atom stereocenters. The third-order valence-corrected chi connectivity index (χ3v) is 1.29. The third-order valence-electron chi connectivity index (χ3n) is 0.703. The van der Waals surface area contributed by atoms with Crippen molar-refractivity contribution in [2.75, 3.05) is 0 Å². The van der Waals surface area contributed by atoms with E-state index in [1.54, 1.807) is 12.4 Å². The van der Waals surface area contributed by atoms with Gasteiger partial charge < -0.3 is 0 Å². The SMILES string of the molecule is N#Cn1ccnc1Br. The first-order valence-corrected chi connectivity index (χ1v) is 2.73. The highest BCUT2D eigenvalue weighted by molar-refractivity contribution is 9.10. The summed E-state index contributed by atoms with van der Waals surface area (Å²) in [5.74, 6) is 0. The molecule has 0 amide bonds. The van der Waals surface area contributed by atoms with E-state index in [0.29, 0.717) is 4.73 Å². The maximum Gasteiger partial charge on any atom is 0.190 e. The van der Waals surface area contributed by atoms with Gasteiger partial charge >= 0.3 is 0 Å². The van der Waals surface area contributed by atoms with Gasteiger partial charge in [-0.25, -0.2) is 9.55 Å². The van der Waals surface area contributed by atoms with Gasteiger partial charge in [0.25, 0.3) is 0 Å². The number of imidazole rings is 1. The first kappa shape index (κ1) is 5.32. The maximum absolute atomic E-state index is 8.25. The smallest absolute Gasteiger partial charge is 0.190 e. The van der Waals surface area contributed by atoms with Crippen molar-refractivity contribution in [2.45, 2.75) is 0 Å². The van der Waals surface area contributed by atoms with Crippen LogP contribution < -0.4 is 0 Å². The van der Waals surface area contributed by atoms with Gasteiger partial charge in [0, 0.05) is 12.4 Å². The van der Waals surface area contributed by atoms with E-state index in [9.17, 15) is 0 Å². The maximum atomic E-state index is 8.25. The number of nitriles is 1. The molecule has 40 valence electrons. The summed E-state index contributed by atoms with van der Waals surface area (Å²) in [6.07, 6.45) is 5.00. The molecule has 0 bridgehead atoms. The molecule has 8 heavy (non-hydrogen) atoms. The lowest BCUT2D eigenvalue weighted by atomic mass is 10.9. The largest absolute Gasteiger partial charge is 0.230 e. The van der Waals surface area contributed by atoms with E-state index < -0.39 is 0 Å². The van der Waals surface area contributed by atoms with Crippen molar-refractivity contribution in [1.82, 2.24) is 9.55 Å². The summed E-state index contributed by atoms with van der Waals surface area (Å²) in [5.41, 5.74) is 0. The molecule has 0 aromatic carbocycles. The van der Waals surface area contributed by atoms with Crippen LogP contribution in [0.3, 0.4) is 0 Å². The van der Waals surface area contributed by atoms with Crippen LogP contribution in [0.25, 0.3) is 0 Å². The Balaban J connectivity index is 3.15. The van der Waals surface area contributed by atoms with Crippen LogP contribution in [-0.4, -0.2) is 9.55 Å². The first-order chi connectivity index (χ1) is 3.84. The average Bonchev–Trinajstić information content (AvgIpc) is 2.14. The van der Waals surface area contributed by atoms with E-state index in [0.717, 1.165) is 0 Å². The normalized spacial score (nSPS) is 8.50. The highest BCUT2D eigenvalue weighted by Crippen LogP contribution is 2.02. The standard InChI is InChI=1S/C4H2BrN3/c5-4-7-1-2-8(4)3-6/h1-2H. The quantitative estimate of drug-likeness (QED) is 0.585. The van der Waals surface area contributed by atoms with E-state index in [1.807, 2.05) is 6.19 Å². The third kappa shape index (κ3) is 0.724. The van der Waals surface area contributed by atoms with Crippen molar-refractivity contribution >= 4 is 15.9 Å². The molecule has 0 radical (unpaired) electrons. The van der Waals surface area contributed by atoms with Gasteiger partial charge in [-0.05, 0) is 15.9 Å². The molecule has 1 aromatic rings. The molecule has 0 spiro atoms. The van der Waals surface area contributed by atoms with Crippen molar-refractivity contribution in [1.29, 1.82) is 5.26 Å². The summed E-state index contributed by atoms with van der Waals surface area (Å²) in [6.45, 7) is 0. The topological polar surface area (TPSA) is 41.6 Å². The van der Waals surface area contributed by atoms with Crippen LogP contribution in [0.5, 0.6) is 0 Å². The average molecular weight is 172 g/mol.